The Morgan fingerprint density at radius 3 is 2.25 bits per heavy atom. The smallest absolute Gasteiger partial charge is 0.343 e. The number of fused-ring (bicyclic) bond motifs is 1. The first-order chi connectivity index (χ1) is 19.1. The van der Waals surface area contributed by atoms with Crippen LogP contribution in [0.2, 0.25) is 0 Å². The highest BCUT2D eigenvalue weighted by Gasteiger charge is 2.37. The normalized spacial score (nSPS) is 20.7. The lowest BCUT2D eigenvalue weighted by Crippen LogP contribution is -2.37. The number of H-pyrrole nitrogens is 1. The van der Waals surface area contributed by atoms with E-state index in [4.69, 9.17) is 21.0 Å². The molecule has 0 saturated heterocycles. The molecule has 1 N–H and O–H groups in total. The maximum absolute atomic E-state index is 13.8. The van der Waals surface area contributed by atoms with Crippen LogP contribution in [0.15, 0.2) is 42.5 Å². The number of aromatic amines is 1. The van der Waals surface area contributed by atoms with Crippen LogP contribution in [0.25, 0.3) is 21.9 Å². The lowest BCUT2D eigenvalue weighted by Gasteiger charge is -2.37. The highest BCUT2D eigenvalue weighted by molar-refractivity contribution is 6.05. The Kier molecular flexibility index (Phi) is 7.24. The first-order valence-electron chi connectivity index (χ1n) is 13.7. The number of carbonyl (C=O) groups is 2. The quantitative estimate of drug-likeness (QED) is 0.213. The van der Waals surface area contributed by atoms with Gasteiger partial charge in [-0.25, -0.2) is 23.9 Å². The number of hydrogen-bond acceptors (Lipinski definition) is 5. The van der Waals surface area contributed by atoms with Gasteiger partial charge in [0.25, 0.3) is 5.69 Å². The van der Waals surface area contributed by atoms with Crippen LogP contribution < -0.4 is 4.74 Å². The second-order valence-electron chi connectivity index (χ2n) is 11.3. The SMILES string of the molecule is [C-]#[N+]c1c(C(=O)OC2C(C)CC(C)CC2C)c2nc(-c3ccc(C)cc3C)[nH]n2c1OC(=O)c1ccc(C)cc1. The maximum atomic E-state index is 13.8. The van der Waals surface area contributed by atoms with Gasteiger partial charge in [0.2, 0.25) is 5.88 Å². The van der Waals surface area contributed by atoms with E-state index in [0.29, 0.717) is 17.3 Å². The van der Waals surface area contributed by atoms with Gasteiger partial charge in [-0.2, -0.15) is 0 Å². The number of aryl methyl sites for hydroxylation is 3. The van der Waals surface area contributed by atoms with Crippen molar-refractivity contribution >= 4 is 23.3 Å². The molecule has 4 aromatic rings. The second kappa shape index (κ2) is 10.6. The monoisotopic (exact) mass is 538 g/mol. The van der Waals surface area contributed by atoms with E-state index in [2.05, 4.69) is 30.7 Å². The minimum atomic E-state index is -0.643. The molecule has 1 fully saturated rings. The van der Waals surface area contributed by atoms with Gasteiger partial charge in [-0.05, 0) is 69.1 Å². The van der Waals surface area contributed by atoms with Crippen LogP contribution in [0.1, 0.15) is 71.0 Å². The van der Waals surface area contributed by atoms with Crippen molar-refractivity contribution in [2.75, 3.05) is 0 Å². The number of aromatic nitrogens is 3. The van der Waals surface area contributed by atoms with Gasteiger partial charge in [-0.15, -0.1) is 0 Å². The Bertz CT molecular complexity index is 1630. The number of rotatable bonds is 5. The van der Waals surface area contributed by atoms with E-state index in [9.17, 15) is 9.59 Å². The van der Waals surface area contributed by atoms with Gasteiger partial charge in [-0.3, -0.25) is 5.10 Å². The highest BCUT2D eigenvalue weighted by atomic mass is 16.6. The molecule has 2 aromatic carbocycles. The standard InChI is InChI=1S/C32H34N4O4/c1-17-8-11-23(12-9-17)31(37)40-30-26(33-7)25(32(38)39-27-21(5)15-19(3)16-22(27)6)29-34-28(35-36(29)30)24-13-10-18(2)14-20(24)4/h8-14,19,21-22,27H,15-16H2,1-6H3,(H,34,35). The molecule has 1 aliphatic rings. The van der Waals surface area contributed by atoms with Crippen molar-refractivity contribution in [3.05, 3.63) is 81.7 Å². The topological polar surface area (TPSA) is 90.1 Å². The maximum Gasteiger partial charge on any atom is 0.343 e. The summed E-state index contributed by atoms with van der Waals surface area (Å²) in [6, 6.07) is 12.9. The van der Waals surface area contributed by atoms with E-state index in [1.165, 1.54) is 4.52 Å². The number of nitrogens with zero attached hydrogens (tertiary/aromatic N) is 3. The first kappa shape index (κ1) is 27.2. The Hall–Kier alpha value is -4.38. The van der Waals surface area contributed by atoms with Gasteiger partial charge in [-0.1, -0.05) is 62.2 Å². The summed E-state index contributed by atoms with van der Waals surface area (Å²) in [6.07, 6.45) is 1.64. The van der Waals surface area contributed by atoms with Crippen LogP contribution in [-0.2, 0) is 4.74 Å². The number of esters is 2. The highest BCUT2D eigenvalue weighted by Crippen LogP contribution is 2.41. The third-order valence-electron chi connectivity index (χ3n) is 7.86. The Morgan fingerprint density at radius 1 is 0.975 bits per heavy atom. The van der Waals surface area contributed by atoms with Crippen LogP contribution >= 0.6 is 0 Å². The summed E-state index contributed by atoms with van der Waals surface area (Å²) in [7, 11) is 0. The lowest BCUT2D eigenvalue weighted by molar-refractivity contribution is -0.0249. The molecule has 2 unspecified atom stereocenters. The molecule has 0 bridgehead atoms. The van der Waals surface area contributed by atoms with E-state index >= 15 is 0 Å². The van der Waals surface area contributed by atoms with Crippen molar-refractivity contribution < 1.29 is 19.1 Å². The van der Waals surface area contributed by atoms with Crippen LogP contribution in [0.4, 0.5) is 5.69 Å². The Labute approximate surface area is 234 Å². The third-order valence-corrected chi connectivity index (χ3v) is 7.86. The van der Waals surface area contributed by atoms with Crippen molar-refractivity contribution in [1.29, 1.82) is 0 Å². The largest absolute Gasteiger partial charge is 0.459 e. The number of benzene rings is 2. The minimum Gasteiger partial charge on any atom is -0.459 e. The van der Waals surface area contributed by atoms with Crippen LogP contribution in [-0.4, -0.2) is 32.6 Å². The van der Waals surface area contributed by atoms with Gasteiger partial charge in [0.1, 0.15) is 11.7 Å². The summed E-state index contributed by atoms with van der Waals surface area (Å²) in [4.78, 5) is 35.3. The van der Waals surface area contributed by atoms with Gasteiger partial charge in [0, 0.05) is 5.56 Å². The molecule has 0 aliphatic heterocycles. The lowest BCUT2D eigenvalue weighted by atomic mass is 9.75. The van der Waals surface area contributed by atoms with Gasteiger partial charge in [0.05, 0.1) is 12.1 Å². The molecule has 8 heteroatoms. The molecule has 2 heterocycles. The van der Waals surface area contributed by atoms with Crippen molar-refractivity contribution in [3.63, 3.8) is 0 Å². The third kappa shape index (κ3) is 5.00. The van der Waals surface area contributed by atoms with E-state index in [1.807, 2.05) is 51.1 Å². The molecule has 5 rings (SSSR count). The molecule has 2 aromatic heterocycles. The van der Waals surface area contributed by atoms with Crippen LogP contribution in [0.3, 0.4) is 0 Å². The summed E-state index contributed by atoms with van der Waals surface area (Å²) >= 11 is 0. The van der Waals surface area contributed by atoms with Gasteiger partial charge < -0.3 is 9.47 Å². The molecule has 0 radical (unpaired) electrons. The zero-order valence-electron chi connectivity index (χ0n) is 23.7. The second-order valence-corrected chi connectivity index (χ2v) is 11.3. The number of nitrogens with one attached hydrogen (secondary N) is 1. The molecule has 40 heavy (non-hydrogen) atoms. The predicted molar refractivity (Wildman–Crippen MR) is 153 cm³/mol. The van der Waals surface area contributed by atoms with Gasteiger partial charge in [0.15, 0.2) is 11.5 Å². The fourth-order valence-electron chi connectivity index (χ4n) is 6.00. The van der Waals surface area contributed by atoms with E-state index in [-0.39, 0.29) is 40.7 Å². The summed E-state index contributed by atoms with van der Waals surface area (Å²) in [5, 5.41) is 3.16. The van der Waals surface area contributed by atoms with Crippen molar-refractivity contribution in [3.8, 4) is 17.3 Å². The molecule has 0 amide bonds. The van der Waals surface area contributed by atoms with Crippen molar-refractivity contribution in [1.82, 2.24) is 14.6 Å². The zero-order chi connectivity index (χ0) is 28.7. The van der Waals surface area contributed by atoms with E-state index < -0.39 is 11.9 Å². The Morgan fingerprint density at radius 2 is 1.62 bits per heavy atom. The number of hydrogen-bond donors (Lipinski definition) is 1. The number of ether oxygens (including phenoxy) is 2. The molecular weight excluding hydrogens is 504 g/mol. The summed E-state index contributed by atoms with van der Waals surface area (Å²) in [5.41, 5.74) is 4.32. The Balaban J connectivity index is 1.61. The zero-order valence-corrected chi connectivity index (χ0v) is 23.7. The van der Waals surface area contributed by atoms with Crippen LogP contribution in [0.5, 0.6) is 5.88 Å². The van der Waals surface area contributed by atoms with E-state index in [1.54, 1.807) is 12.1 Å². The molecule has 1 aliphatic carbocycles. The van der Waals surface area contributed by atoms with Crippen LogP contribution in [0, 0.1) is 45.1 Å². The molecule has 1 saturated carbocycles. The first-order valence-corrected chi connectivity index (χ1v) is 13.7. The fourth-order valence-corrected chi connectivity index (χ4v) is 6.00. The van der Waals surface area contributed by atoms with Gasteiger partial charge >= 0.3 is 11.9 Å². The molecule has 8 nitrogen and oxygen atoms in total. The van der Waals surface area contributed by atoms with E-state index in [0.717, 1.165) is 35.1 Å². The molecule has 0 spiro atoms. The molecular formula is C32H34N4O4. The van der Waals surface area contributed by atoms with Crippen molar-refractivity contribution in [2.24, 2.45) is 17.8 Å². The van der Waals surface area contributed by atoms with Crippen molar-refractivity contribution in [2.45, 2.75) is 60.5 Å². The molecule has 206 valence electrons. The molecule has 2 atom stereocenters. The summed E-state index contributed by atoms with van der Waals surface area (Å²) in [5.74, 6) is 0.0261. The average Bonchev–Trinajstić information content (AvgIpc) is 3.43. The predicted octanol–water partition coefficient (Wildman–Crippen LogP) is 7.25. The summed E-state index contributed by atoms with van der Waals surface area (Å²) in [6.45, 7) is 20.3. The fraction of sp³-hybridized carbons (Fsp3) is 0.375. The number of carbonyl (C=O) groups excluding carboxylic acids is 2. The average molecular weight is 539 g/mol. The summed E-state index contributed by atoms with van der Waals surface area (Å²) < 4.78 is 13.3. The minimum absolute atomic E-state index is 0.00741.